The Kier molecular flexibility index (Phi) is 8.81. The molecule has 3 fully saturated rings. The first-order valence-electron chi connectivity index (χ1n) is 13.8. The van der Waals surface area contributed by atoms with Gasteiger partial charge in [0.25, 0.3) is 5.91 Å². The second kappa shape index (κ2) is 11.9. The Morgan fingerprint density at radius 2 is 1.82 bits per heavy atom. The standard InChI is InChI=1S/C29H38F2N2O6/c1-4-38-22-15-21(31)23(39-19-7-10-29(3,11-8-19)28(36)37)14-20(22)26(34)33-25-18-6-5-17(13-18)24(25)27(35)32-16(2)9-12-30/h14-15,17-19,24-25H,2,4-13H2,1,3H3,(H,32,35)(H,33,34)(H,36,37)/t17-,18+,19?,24+,25-,29?/m1/s1. The van der Waals surface area contributed by atoms with Crippen LogP contribution < -0.4 is 20.1 Å². The molecule has 10 heteroatoms. The van der Waals surface area contributed by atoms with Gasteiger partial charge >= 0.3 is 5.97 Å². The van der Waals surface area contributed by atoms with Crippen LogP contribution in [0.2, 0.25) is 0 Å². The maximum Gasteiger partial charge on any atom is 0.309 e. The molecule has 1 aromatic carbocycles. The van der Waals surface area contributed by atoms with E-state index in [1.807, 2.05) is 0 Å². The number of fused-ring (bicyclic) bond motifs is 2. The first-order chi connectivity index (χ1) is 18.6. The number of amides is 2. The van der Waals surface area contributed by atoms with Crippen LogP contribution in [-0.2, 0) is 9.59 Å². The second-order valence-electron chi connectivity index (χ2n) is 11.3. The third-order valence-electron chi connectivity index (χ3n) is 8.64. The maximum absolute atomic E-state index is 15.0. The Balaban J connectivity index is 1.51. The van der Waals surface area contributed by atoms with E-state index in [0.717, 1.165) is 25.3 Å². The predicted octanol–water partition coefficient (Wildman–Crippen LogP) is 4.77. The molecule has 3 aliphatic carbocycles. The van der Waals surface area contributed by atoms with Gasteiger partial charge in [0.2, 0.25) is 5.91 Å². The lowest BCUT2D eigenvalue weighted by Gasteiger charge is -2.34. The predicted molar refractivity (Wildman–Crippen MR) is 140 cm³/mol. The Bertz CT molecular complexity index is 1120. The van der Waals surface area contributed by atoms with Crippen molar-refractivity contribution >= 4 is 17.8 Å². The fourth-order valence-corrected chi connectivity index (χ4v) is 6.36. The molecule has 214 valence electrons. The smallest absolute Gasteiger partial charge is 0.309 e. The number of ether oxygens (including phenoxy) is 2. The van der Waals surface area contributed by atoms with Gasteiger partial charge in [-0.25, -0.2) is 4.39 Å². The first-order valence-corrected chi connectivity index (χ1v) is 13.8. The molecule has 2 bridgehead atoms. The summed E-state index contributed by atoms with van der Waals surface area (Å²) in [6.07, 6.45) is 3.95. The normalized spacial score (nSPS) is 29.5. The highest BCUT2D eigenvalue weighted by molar-refractivity contribution is 5.98. The van der Waals surface area contributed by atoms with Crippen molar-refractivity contribution in [2.75, 3.05) is 13.3 Å². The number of halogens is 2. The van der Waals surface area contributed by atoms with E-state index in [9.17, 15) is 23.9 Å². The van der Waals surface area contributed by atoms with Crippen molar-refractivity contribution in [1.82, 2.24) is 10.6 Å². The molecule has 2 amide bonds. The number of carboxylic acid groups (broad SMARTS) is 1. The number of benzene rings is 1. The van der Waals surface area contributed by atoms with E-state index in [2.05, 4.69) is 17.2 Å². The van der Waals surface area contributed by atoms with Crippen LogP contribution in [0.4, 0.5) is 8.78 Å². The highest BCUT2D eigenvalue weighted by atomic mass is 19.1. The monoisotopic (exact) mass is 548 g/mol. The maximum atomic E-state index is 15.0. The van der Waals surface area contributed by atoms with Crippen LogP contribution in [0.5, 0.6) is 11.5 Å². The van der Waals surface area contributed by atoms with Crippen LogP contribution in [0.25, 0.3) is 0 Å². The number of nitrogens with one attached hydrogen (secondary N) is 2. The Morgan fingerprint density at radius 1 is 1.13 bits per heavy atom. The molecule has 0 radical (unpaired) electrons. The number of hydrogen-bond acceptors (Lipinski definition) is 5. The van der Waals surface area contributed by atoms with Gasteiger partial charge in [0.15, 0.2) is 11.6 Å². The lowest BCUT2D eigenvalue weighted by Crippen LogP contribution is -2.49. The van der Waals surface area contributed by atoms with E-state index < -0.39 is 41.7 Å². The molecule has 0 saturated heterocycles. The minimum atomic E-state index is -0.855. The van der Waals surface area contributed by atoms with E-state index in [1.165, 1.54) is 6.07 Å². The van der Waals surface area contributed by atoms with Gasteiger partial charge in [-0.15, -0.1) is 0 Å². The van der Waals surface area contributed by atoms with Crippen LogP contribution in [0, 0.1) is 29.0 Å². The summed E-state index contributed by atoms with van der Waals surface area (Å²) < 4.78 is 39.2. The molecule has 0 heterocycles. The zero-order valence-electron chi connectivity index (χ0n) is 22.6. The Hall–Kier alpha value is -3.17. The Morgan fingerprint density at radius 3 is 2.46 bits per heavy atom. The minimum absolute atomic E-state index is 0.0379. The van der Waals surface area contributed by atoms with Crippen LogP contribution in [0.15, 0.2) is 24.4 Å². The number of allylic oxidation sites excluding steroid dienone is 1. The summed E-state index contributed by atoms with van der Waals surface area (Å²) in [5, 5.41) is 15.2. The molecular formula is C29H38F2N2O6. The average Bonchev–Trinajstić information content (AvgIpc) is 3.49. The van der Waals surface area contributed by atoms with Gasteiger partial charge < -0.3 is 25.2 Å². The molecule has 1 aromatic rings. The zero-order valence-corrected chi connectivity index (χ0v) is 22.6. The molecule has 0 aromatic heterocycles. The van der Waals surface area contributed by atoms with Gasteiger partial charge in [-0.2, -0.15) is 0 Å². The summed E-state index contributed by atoms with van der Waals surface area (Å²) in [5.41, 5.74) is -0.423. The van der Waals surface area contributed by atoms with Crippen LogP contribution in [-0.4, -0.2) is 48.3 Å². The van der Waals surface area contributed by atoms with Crippen molar-refractivity contribution in [3.8, 4) is 11.5 Å². The van der Waals surface area contributed by atoms with Crippen LogP contribution >= 0.6 is 0 Å². The topological polar surface area (TPSA) is 114 Å². The number of hydrogen-bond donors (Lipinski definition) is 3. The minimum Gasteiger partial charge on any atom is -0.493 e. The molecule has 39 heavy (non-hydrogen) atoms. The van der Waals surface area contributed by atoms with Gasteiger partial charge in [0, 0.05) is 24.2 Å². The fourth-order valence-electron chi connectivity index (χ4n) is 6.36. The van der Waals surface area contributed by atoms with Gasteiger partial charge in [-0.3, -0.25) is 18.8 Å². The lowest BCUT2D eigenvalue weighted by atomic mass is 9.75. The molecule has 8 nitrogen and oxygen atoms in total. The van der Waals surface area contributed by atoms with Gasteiger partial charge in [0.1, 0.15) is 5.75 Å². The number of carboxylic acids is 1. The molecule has 3 aliphatic rings. The molecule has 0 unspecified atom stereocenters. The molecule has 4 atom stereocenters. The van der Waals surface area contributed by atoms with E-state index in [1.54, 1.807) is 13.8 Å². The van der Waals surface area contributed by atoms with Gasteiger partial charge in [-0.1, -0.05) is 6.58 Å². The summed E-state index contributed by atoms with van der Waals surface area (Å²) in [7, 11) is 0. The first kappa shape index (κ1) is 28.8. The number of aliphatic carboxylic acids is 1. The van der Waals surface area contributed by atoms with Crippen molar-refractivity contribution < 1.29 is 37.7 Å². The summed E-state index contributed by atoms with van der Waals surface area (Å²) in [6.45, 7) is 6.73. The molecule has 3 saturated carbocycles. The highest BCUT2D eigenvalue weighted by Crippen LogP contribution is 2.49. The number of carbonyl (C=O) groups excluding carboxylic acids is 2. The highest BCUT2D eigenvalue weighted by Gasteiger charge is 2.51. The summed E-state index contributed by atoms with van der Waals surface area (Å²) >= 11 is 0. The van der Waals surface area contributed by atoms with E-state index >= 15 is 4.39 Å². The fraction of sp³-hybridized carbons (Fsp3) is 0.621. The average molecular weight is 549 g/mol. The summed E-state index contributed by atoms with van der Waals surface area (Å²) in [4.78, 5) is 38.1. The van der Waals surface area contributed by atoms with Gasteiger partial charge in [0.05, 0.1) is 36.3 Å². The Labute approximate surface area is 227 Å². The molecule has 0 spiro atoms. The molecular weight excluding hydrogens is 510 g/mol. The van der Waals surface area contributed by atoms with Crippen molar-refractivity contribution in [3.63, 3.8) is 0 Å². The SMILES string of the molecule is C=C(CCF)NC(=O)[C@H]1[C@@H]2CC[C@@H](C2)[C@H]1NC(=O)c1cc(OC2CCC(C)(C(=O)O)CC2)c(F)cc1OCC. The number of alkyl halides is 1. The third kappa shape index (κ3) is 6.20. The van der Waals surface area contributed by atoms with Gasteiger partial charge in [-0.05, 0) is 76.7 Å². The van der Waals surface area contributed by atoms with E-state index in [0.29, 0.717) is 31.4 Å². The lowest BCUT2D eigenvalue weighted by molar-refractivity contribution is -0.150. The largest absolute Gasteiger partial charge is 0.493 e. The van der Waals surface area contributed by atoms with E-state index in [4.69, 9.17) is 9.47 Å². The quantitative estimate of drug-likeness (QED) is 0.367. The molecule has 3 N–H and O–H groups in total. The number of carbonyl (C=O) groups is 3. The van der Waals surface area contributed by atoms with Crippen molar-refractivity contribution in [2.24, 2.45) is 23.2 Å². The molecule has 4 rings (SSSR count). The van der Waals surface area contributed by atoms with Crippen molar-refractivity contribution in [1.29, 1.82) is 0 Å². The summed E-state index contributed by atoms with van der Waals surface area (Å²) in [5.74, 6) is -2.56. The second-order valence-corrected chi connectivity index (χ2v) is 11.3. The van der Waals surface area contributed by atoms with Crippen LogP contribution in [0.3, 0.4) is 0 Å². The third-order valence-corrected chi connectivity index (χ3v) is 8.64. The molecule has 0 aliphatic heterocycles. The van der Waals surface area contributed by atoms with Crippen molar-refractivity contribution in [2.45, 2.75) is 77.4 Å². The van der Waals surface area contributed by atoms with Crippen molar-refractivity contribution in [3.05, 3.63) is 35.8 Å². The zero-order chi connectivity index (χ0) is 28.3. The van der Waals surface area contributed by atoms with Crippen LogP contribution in [0.1, 0.15) is 75.6 Å². The number of rotatable bonds is 11. The summed E-state index contributed by atoms with van der Waals surface area (Å²) in [6, 6.07) is 2.03. The van der Waals surface area contributed by atoms with E-state index in [-0.39, 0.29) is 53.9 Å².